The summed E-state index contributed by atoms with van der Waals surface area (Å²) in [5.74, 6) is -0.889. The SMILES string of the molecule is CC/C=C\C/C=C\C/C=C\C/C=C\C/C=C\CCCCCCCCCC(=O)OCC(COC(=O)CCCCCCCCCCCCCCCCCCCCCCC)OC(=O)CCCCCCCC/C=C\C/C=C\C/C=C\CCCCCCC. The van der Waals surface area contributed by atoms with E-state index in [1.807, 2.05) is 0 Å². The molecule has 1 atom stereocenters. The first-order chi connectivity index (χ1) is 41.0. The molecule has 478 valence electrons. The molecule has 0 saturated heterocycles. The Kier molecular flexibility index (Phi) is 67.7. The van der Waals surface area contributed by atoms with Crippen molar-refractivity contribution in [2.75, 3.05) is 13.2 Å². The van der Waals surface area contributed by atoms with Gasteiger partial charge in [-0.15, -0.1) is 0 Å². The van der Waals surface area contributed by atoms with Crippen LogP contribution in [-0.4, -0.2) is 37.2 Å². The Morgan fingerprint density at radius 1 is 0.253 bits per heavy atom. The highest BCUT2D eigenvalue weighted by Crippen LogP contribution is 2.17. The summed E-state index contributed by atoms with van der Waals surface area (Å²) in [7, 11) is 0. The third kappa shape index (κ3) is 69.0. The maximum atomic E-state index is 13.0. The van der Waals surface area contributed by atoms with Crippen molar-refractivity contribution >= 4 is 17.9 Å². The molecule has 83 heavy (non-hydrogen) atoms. The van der Waals surface area contributed by atoms with Gasteiger partial charge in [-0.05, 0) is 103 Å². The Bertz CT molecular complexity index is 1610. The second-order valence-corrected chi connectivity index (χ2v) is 23.8. The number of unbranched alkanes of at least 4 members (excludes halogenated alkanes) is 38. The molecule has 0 aromatic rings. The average molecular weight is 1160 g/mol. The Labute approximate surface area is 515 Å². The Morgan fingerprint density at radius 3 is 0.735 bits per heavy atom. The normalized spacial score (nSPS) is 12.7. The molecule has 0 aromatic heterocycles. The first-order valence-corrected chi connectivity index (χ1v) is 35.7. The number of rotatable bonds is 65. The predicted molar refractivity (Wildman–Crippen MR) is 362 cm³/mol. The molecule has 0 N–H and O–H groups in total. The van der Waals surface area contributed by atoms with E-state index in [-0.39, 0.29) is 31.1 Å². The van der Waals surface area contributed by atoms with Gasteiger partial charge in [0.1, 0.15) is 13.2 Å². The van der Waals surface area contributed by atoms with E-state index in [0.717, 1.165) is 122 Å². The van der Waals surface area contributed by atoms with Gasteiger partial charge in [0.2, 0.25) is 0 Å². The summed E-state index contributed by atoms with van der Waals surface area (Å²) in [4.78, 5) is 38.5. The lowest BCUT2D eigenvalue weighted by molar-refractivity contribution is -0.167. The predicted octanol–water partition coefficient (Wildman–Crippen LogP) is 24.8. The van der Waals surface area contributed by atoms with Gasteiger partial charge in [-0.3, -0.25) is 14.4 Å². The average Bonchev–Trinajstić information content (AvgIpc) is 3.49. The Hall–Kier alpha value is -3.67. The summed E-state index contributed by atoms with van der Waals surface area (Å²) in [5.41, 5.74) is 0. The van der Waals surface area contributed by atoms with Crippen LogP contribution in [0.5, 0.6) is 0 Å². The number of allylic oxidation sites excluding steroid dienone is 16. The zero-order chi connectivity index (χ0) is 59.9. The van der Waals surface area contributed by atoms with E-state index in [9.17, 15) is 14.4 Å². The van der Waals surface area contributed by atoms with Crippen molar-refractivity contribution in [2.24, 2.45) is 0 Å². The quantitative estimate of drug-likeness (QED) is 0.0261. The molecule has 0 spiro atoms. The number of hydrogen-bond acceptors (Lipinski definition) is 6. The molecular formula is C77H134O6. The first-order valence-electron chi connectivity index (χ1n) is 35.7. The van der Waals surface area contributed by atoms with Crippen molar-refractivity contribution in [3.8, 4) is 0 Å². The molecule has 6 heteroatoms. The van der Waals surface area contributed by atoms with Gasteiger partial charge in [-0.2, -0.15) is 0 Å². The molecule has 0 aromatic carbocycles. The van der Waals surface area contributed by atoms with Crippen LogP contribution >= 0.6 is 0 Å². The molecule has 0 aliphatic heterocycles. The maximum Gasteiger partial charge on any atom is 0.306 e. The molecule has 0 bridgehead atoms. The van der Waals surface area contributed by atoms with Crippen LogP contribution in [0.2, 0.25) is 0 Å². The van der Waals surface area contributed by atoms with Gasteiger partial charge in [0.25, 0.3) is 0 Å². The molecule has 0 amide bonds. The van der Waals surface area contributed by atoms with Crippen LogP contribution in [0.15, 0.2) is 97.2 Å². The molecule has 0 aliphatic carbocycles. The summed E-state index contributed by atoms with van der Waals surface area (Å²) < 4.78 is 17.0. The molecule has 0 heterocycles. The lowest BCUT2D eigenvalue weighted by Gasteiger charge is -2.18. The highest BCUT2D eigenvalue weighted by molar-refractivity contribution is 5.71. The minimum absolute atomic E-state index is 0.0838. The third-order valence-electron chi connectivity index (χ3n) is 15.6. The van der Waals surface area contributed by atoms with Crippen LogP contribution in [0.25, 0.3) is 0 Å². The fourth-order valence-electron chi connectivity index (χ4n) is 10.2. The van der Waals surface area contributed by atoms with Gasteiger partial charge in [-0.25, -0.2) is 0 Å². The van der Waals surface area contributed by atoms with Crippen LogP contribution in [0.3, 0.4) is 0 Å². The van der Waals surface area contributed by atoms with Gasteiger partial charge >= 0.3 is 17.9 Å². The van der Waals surface area contributed by atoms with Crippen LogP contribution in [0, 0.1) is 0 Å². The summed E-state index contributed by atoms with van der Waals surface area (Å²) in [6.45, 7) is 6.55. The summed E-state index contributed by atoms with van der Waals surface area (Å²) >= 11 is 0. The number of hydrogen-bond donors (Lipinski definition) is 0. The smallest absolute Gasteiger partial charge is 0.306 e. The summed E-state index contributed by atoms with van der Waals surface area (Å²) in [6.07, 6.45) is 95.6. The van der Waals surface area contributed by atoms with E-state index in [4.69, 9.17) is 14.2 Å². The maximum absolute atomic E-state index is 13.0. The zero-order valence-electron chi connectivity index (χ0n) is 54.9. The van der Waals surface area contributed by atoms with E-state index < -0.39 is 6.10 Å². The fourth-order valence-corrected chi connectivity index (χ4v) is 10.2. The van der Waals surface area contributed by atoms with Crippen molar-refractivity contribution in [1.82, 2.24) is 0 Å². The van der Waals surface area contributed by atoms with E-state index in [1.54, 1.807) is 0 Å². The molecule has 6 nitrogen and oxygen atoms in total. The monoisotopic (exact) mass is 1160 g/mol. The molecule has 0 aliphatic rings. The van der Waals surface area contributed by atoms with Gasteiger partial charge < -0.3 is 14.2 Å². The van der Waals surface area contributed by atoms with Crippen molar-refractivity contribution < 1.29 is 28.6 Å². The molecule has 0 radical (unpaired) electrons. The summed E-state index contributed by atoms with van der Waals surface area (Å²) in [6, 6.07) is 0. The van der Waals surface area contributed by atoms with Crippen molar-refractivity contribution in [1.29, 1.82) is 0 Å². The van der Waals surface area contributed by atoms with Crippen LogP contribution in [0.4, 0.5) is 0 Å². The molecule has 0 saturated carbocycles. The molecule has 1 unspecified atom stereocenters. The Balaban J connectivity index is 4.41. The number of ether oxygens (including phenoxy) is 3. The van der Waals surface area contributed by atoms with E-state index in [0.29, 0.717) is 19.3 Å². The molecule has 0 rings (SSSR count). The first kappa shape index (κ1) is 79.3. The standard InChI is InChI=1S/C77H134O6/c1-4-7-10-13-16-19-22-25-28-31-34-37-38-41-43-46-49-52-55-58-61-64-67-70-76(79)82-73-74(83-77(80)71-68-65-62-59-56-53-50-47-44-40-36-33-30-27-24-21-18-15-12-9-6-3)72-81-75(78)69-66-63-60-57-54-51-48-45-42-39-35-32-29-26-23-20-17-14-11-8-5-2/h7,10,16,19,24-25,27-28,33-34,36-37,41,43-44,47,74H,4-6,8-9,11-15,17-18,20-23,26,29-32,35,38-40,42,45-46,48-73H2,1-3H3/b10-7-,19-16-,27-24-,28-25-,36-33-,37-34-,43-41-,47-44-. The molecule has 0 fully saturated rings. The van der Waals surface area contributed by atoms with Gasteiger partial charge in [0.05, 0.1) is 0 Å². The fraction of sp³-hybridized carbons (Fsp3) is 0.753. The lowest BCUT2D eigenvalue weighted by Crippen LogP contribution is -2.30. The minimum atomic E-state index is -0.792. The third-order valence-corrected chi connectivity index (χ3v) is 15.6. The van der Waals surface area contributed by atoms with Crippen molar-refractivity contribution in [3.63, 3.8) is 0 Å². The minimum Gasteiger partial charge on any atom is -0.462 e. The lowest BCUT2D eigenvalue weighted by atomic mass is 10.0. The summed E-state index contributed by atoms with van der Waals surface area (Å²) in [5, 5.41) is 0. The Morgan fingerprint density at radius 2 is 0.470 bits per heavy atom. The number of carbonyl (C=O) groups is 3. The van der Waals surface area contributed by atoms with E-state index >= 15 is 0 Å². The highest BCUT2D eigenvalue weighted by atomic mass is 16.6. The van der Waals surface area contributed by atoms with Crippen LogP contribution in [-0.2, 0) is 28.6 Å². The van der Waals surface area contributed by atoms with Gasteiger partial charge in [-0.1, -0.05) is 330 Å². The van der Waals surface area contributed by atoms with Crippen molar-refractivity contribution in [2.45, 2.75) is 361 Å². The van der Waals surface area contributed by atoms with Gasteiger partial charge in [0.15, 0.2) is 6.10 Å². The van der Waals surface area contributed by atoms with Gasteiger partial charge in [0, 0.05) is 19.3 Å². The second-order valence-electron chi connectivity index (χ2n) is 23.8. The van der Waals surface area contributed by atoms with Crippen LogP contribution in [0.1, 0.15) is 355 Å². The highest BCUT2D eigenvalue weighted by Gasteiger charge is 2.19. The van der Waals surface area contributed by atoms with E-state index in [1.165, 1.54) is 193 Å². The topological polar surface area (TPSA) is 78.9 Å². The van der Waals surface area contributed by atoms with Crippen LogP contribution < -0.4 is 0 Å². The number of esters is 3. The van der Waals surface area contributed by atoms with E-state index in [2.05, 4.69) is 118 Å². The second kappa shape index (κ2) is 70.8. The number of carbonyl (C=O) groups excluding carboxylic acids is 3. The zero-order valence-corrected chi connectivity index (χ0v) is 54.9. The molecular weight excluding hydrogens is 1020 g/mol. The largest absolute Gasteiger partial charge is 0.462 e. The van der Waals surface area contributed by atoms with Crippen molar-refractivity contribution in [3.05, 3.63) is 97.2 Å².